The minimum absolute atomic E-state index is 0.593. The Bertz CT molecular complexity index is 477. The van der Waals surface area contributed by atoms with Crippen molar-refractivity contribution in [3.63, 3.8) is 0 Å². The lowest BCUT2D eigenvalue weighted by atomic mass is 9.67. The van der Waals surface area contributed by atoms with E-state index in [4.69, 9.17) is 20.4 Å². The van der Waals surface area contributed by atoms with Crippen LogP contribution < -0.4 is 0 Å². The monoisotopic (exact) mass is 272 g/mol. The number of hydrogen-bond donors (Lipinski definition) is 4. The summed E-state index contributed by atoms with van der Waals surface area (Å²) in [5.41, 5.74) is -0.593. The third kappa shape index (κ3) is 2.56. The summed E-state index contributed by atoms with van der Waals surface area (Å²) in [5, 5.41) is 36.0. The molecular formula is C11H12O8. The zero-order valence-electron chi connectivity index (χ0n) is 9.81. The maximum atomic E-state index is 11.2. The van der Waals surface area contributed by atoms with E-state index in [0.29, 0.717) is 0 Å². The predicted octanol–water partition coefficient (Wildman–Crippen LogP) is -0.250. The van der Waals surface area contributed by atoms with Gasteiger partial charge in [-0.3, -0.25) is 14.4 Å². The Morgan fingerprint density at radius 3 is 1.68 bits per heavy atom. The molecule has 4 N–H and O–H groups in total. The average molecular weight is 272 g/mol. The summed E-state index contributed by atoms with van der Waals surface area (Å²) in [6.07, 6.45) is 0.999. The maximum absolute atomic E-state index is 11.2. The van der Waals surface area contributed by atoms with Gasteiger partial charge < -0.3 is 20.4 Å². The highest BCUT2D eigenvalue weighted by molar-refractivity contribution is 5.98. The standard InChI is InChI=1S/C11H12O8/c1-3-2-4(8(12)13)6(10(16)17)7(11(18)19)5(3)9(14)15/h2-3,5-7H,1H3,(H,12,13)(H,14,15)(H,16,17)(H,18,19). The zero-order chi connectivity index (χ0) is 14.9. The van der Waals surface area contributed by atoms with Crippen molar-refractivity contribution >= 4 is 23.9 Å². The van der Waals surface area contributed by atoms with Crippen molar-refractivity contribution in [2.24, 2.45) is 23.7 Å². The van der Waals surface area contributed by atoms with Gasteiger partial charge in [0.2, 0.25) is 0 Å². The number of rotatable bonds is 4. The Morgan fingerprint density at radius 1 is 0.895 bits per heavy atom. The molecule has 8 heteroatoms. The molecule has 104 valence electrons. The molecule has 4 atom stereocenters. The minimum atomic E-state index is -1.88. The lowest BCUT2D eigenvalue weighted by molar-refractivity contribution is -0.163. The van der Waals surface area contributed by atoms with Crippen LogP contribution in [0.2, 0.25) is 0 Å². The van der Waals surface area contributed by atoms with Crippen molar-refractivity contribution in [3.05, 3.63) is 11.6 Å². The van der Waals surface area contributed by atoms with Crippen LogP contribution in [0.5, 0.6) is 0 Å². The van der Waals surface area contributed by atoms with Crippen LogP contribution in [0.3, 0.4) is 0 Å². The van der Waals surface area contributed by atoms with E-state index in [1.54, 1.807) is 0 Å². The quantitative estimate of drug-likeness (QED) is 0.547. The molecule has 0 radical (unpaired) electrons. The fourth-order valence-electron chi connectivity index (χ4n) is 2.38. The molecule has 0 aromatic rings. The number of carboxylic acids is 4. The second-order valence-electron chi connectivity index (χ2n) is 4.33. The summed E-state index contributed by atoms with van der Waals surface area (Å²) in [6, 6.07) is 0. The van der Waals surface area contributed by atoms with Crippen LogP contribution in [-0.4, -0.2) is 44.3 Å². The summed E-state index contributed by atoms with van der Waals surface area (Å²) in [4.78, 5) is 44.3. The summed E-state index contributed by atoms with van der Waals surface area (Å²) in [5.74, 6) is -12.4. The van der Waals surface area contributed by atoms with Crippen molar-refractivity contribution in [2.45, 2.75) is 6.92 Å². The lowest BCUT2D eigenvalue weighted by Gasteiger charge is -2.33. The molecule has 0 heterocycles. The van der Waals surface area contributed by atoms with Crippen LogP contribution in [0.25, 0.3) is 0 Å². The van der Waals surface area contributed by atoms with E-state index in [2.05, 4.69) is 0 Å². The molecular weight excluding hydrogens is 260 g/mol. The molecule has 4 unspecified atom stereocenters. The molecule has 0 saturated heterocycles. The van der Waals surface area contributed by atoms with E-state index in [0.717, 1.165) is 6.08 Å². The van der Waals surface area contributed by atoms with E-state index in [1.165, 1.54) is 6.92 Å². The van der Waals surface area contributed by atoms with Gasteiger partial charge in [0.25, 0.3) is 0 Å². The van der Waals surface area contributed by atoms with E-state index >= 15 is 0 Å². The molecule has 1 aliphatic rings. The number of hydrogen-bond acceptors (Lipinski definition) is 4. The molecule has 0 fully saturated rings. The number of carboxylic acid groups (broad SMARTS) is 4. The highest BCUT2D eigenvalue weighted by atomic mass is 16.4. The van der Waals surface area contributed by atoms with Crippen molar-refractivity contribution in [1.29, 1.82) is 0 Å². The predicted molar refractivity (Wildman–Crippen MR) is 58.3 cm³/mol. The largest absolute Gasteiger partial charge is 0.481 e. The van der Waals surface area contributed by atoms with Gasteiger partial charge in [0.15, 0.2) is 0 Å². The number of carbonyl (C=O) groups is 4. The smallest absolute Gasteiger partial charge is 0.332 e. The highest BCUT2D eigenvalue weighted by Crippen LogP contribution is 2.39. The summed E-state index contributed by atoms with van der Waals surface area (Å²) in [7, 11) is 0. The molecule has 19 heavy (non-hydrogen) atoms. The van der Waals surface area contributed by atoms with Crippen LogP contribution in [0.15, 0.2) is 11.6 Å². The molecule has 1 aliphatic carbocycles. The normalized spacial score (nSPS) is 30.3. The van der Waals surface area contributed by atoms with E-state index in [-0.39, 0.29) is 0 Å². The molecule has 1 rings (SSSR count). The Balaban J connectivity index is 3.45. The molecule has 8 nitrogen and oxygen atoms in total. The number of aliphatic carboxylic acids is 4. The van der Waals surface area contributed by atoms with Crippen molar-refractivity contribution in [1.82, 2.24) is 0 Å². The molecule has 0 aromatic carbocycles. The van der Waals surface area contributed by atoms with Crippen LogP contribution in [0.4, 0.5) is 0 Å². The van der Waals surface area contributed by atoms with Crippen LogP contribution in [-0.2, 0) is 19.2 Å². The summed E-state index contributed by atoms with van der Waals surface area (Å²) < 4.78 is 0. The first-order valence-electron chi connectivity index (χ1n) is 5.31. The van der Waals surface area contributed by atoms with Gasteiger partial charge in [-0.1, -0.05) is 13.0 Å². The van der Waals surface area contributed by atoms with Crippen molar-refractivity contribution in [3.8, 4) is 0 Å². The molecule has 0 aromatic heterocycles. The second-order valence-corrected chi connectivity index (χ2v) is 4.33. The number of allylic oxidation sites excluding steroid dienone is 1. The topological polar surface area (TPSA) is 149 Å². The molecule has 0 aliphatic heterocycles. The third-order valence-corrected chi connectivity index (χ3v) is 3.17. The SMILES string of the molecule is CC1C=C(C(=O)O)C(C(=O)O)C(C(=O)O)C1C(=O)O. The molecule has 0 amide bonds. The van der Waals surface area contributed by atoms with E-state index in [1.807, 2.05) is 0 Å². The van der Waals surface area contributed by atoms with Gasteiger partial charge in [-0.15, -0.1) is 0 Å². The lowest BCUT2D eigenvalue weighted by Crippen LogP contribution is -2.46. The fraction of sp³-hybridized carbons (Fsp3) is 0.455. The fourth-order valence-corrected chi connectivity index (χ4v) is 2.38. The first kappa shape index (κ1) is 14.7. The maximum Gasteiger partial charge on any atom is 0.332 e. The van der Waals surface area contributed by atoms with Gasteiger partial charge in [-0.05, 0) is 5.92 Å². The summed E-state index contributed by atoms with van der Waals surface area (Å²) >= 11 is 0. The Hall–Kier alpha value is -2.38. The Kier molecular flexibility index (Phi) is 3.93. The average Bonchev–Trinajstić information content (AvgIpc) is 2.25. The summed E-state index contributed by atoms with van der Waals surface area (Å²) in [6.45, 7) is 1.34. The zero-order valence-corrected chi connectivity index (χ0v) is 9.81. The van der Waals surface area contributed by atoms with Gasteiger partial charge in [-0.2, -0.15) is 0 Å². The van der Waals surface area contributed by atoms with Crippen LogP contribution >= 0.6 is 0 Å². The molecule has 0 spiro atoms. The molecule has 0 saturated carbocycles. The van der Waals surface area contributed by atoms with Crippen molar-refractivity contribution in [2.75, 3.05) is 0 Å². The van der Waals surface area contributed by atoms with Crippen molar-refractivity contribution < 1.29 is 39.6 Å². The van der Waals surface area contributed by atoms with Gasteiger partial charge >= 0.3 is 23.9 Å². The molecule has 0 bridgehead atoms. The van der Waals surface area contributed by atoms with E-state index in [9.17, 15) is 19.2 Å². The first-order valence-corrected chi connectivity index (χ1v) is 5.31. The van der Waals surface area contributed by atoms with Gasteiger partial charge in [0.05, 0.1) is 11.8 Å². The van der Waals surface area contributed by atoms with Gasteiger partial charge in [0, 0.05) is 5.57 Å². The Labute approximate surface area is 107 Å². The van der Waals surface area contributed by atoms with Crippen LogP contribution in [0.1, 0.15) is 6.92 Å². The first-order chi connectivity index (χ1) is 8.68. The van der Waals surface area contributed by atoms with Gasteiger partial charge in [0.1, 0.15) is 5.92 Å². The highest BCUT2D eigenvalue weighted by Gasteiger charge is 2.51. The third-order valence-electron chi connectivity index (χ3n) is 3.17. The Morgan fingerprint density at radius 2 is 1.37 bits per heavy atom. The van der Waals surface area contributed by atoms with Gasteiger partial charge in [-0.25, -0.2) is 4.79 Å². The minimum Gasteiger partial charge on any atom is -0.481 e. The van der Waals surface area contributed by atoms with Crippen LogP contribution in [0, 0.1) is 23.7 Å². The second kappa shape index (κ2) is 5.09. The van der Waals surface area contributed by atoms with E-state index < -0.39 is 53.1 Å².